The molecule has 1 fully saturated rings. The van der Waals surface area contributed by atoms with E-state index in [1.165, 1.54) is 18.0 Å². The molecule has 0 bridgehead atoms. The van der Waals surface area contributed by atoms with Crippen LogP contribution in [0.4, 0.5) is 4.39 Å². The minimum Gasteiger partial charge on any atom is -1.00 e. The van der Waals surface area contributed by atoms with Crippen molar-refractivity contribution in [1.29, 1.82) is 0 Å². The molecular weight excluding hydrogens is 517 g/mol. The number of amides is 1. The van der Waals surface area contributed by atoms with Gasteiger partial charge in [-0.2, -0.15) is 0 Å². The van der Waals surface area contributed by atoms with Crippen LogP contribution in [0.5, 0.6) is 0 Å². The number of benzene rings is 3. The summed E-state index contributed by atoms with van der Waals surface area (Å²) in [4.78, 5) is 15.9. The van der Waals surface area contributed by atoms with Gasteiger partial charge in [0.15, 0.2) is 0 Å². The van der Waals surface area contributed by atoms with Gasteiger partial charge >= 0.3 is 0 Å². The minimum absolute atomic E-state index is 0. The Kier molecular flexibility index (Phi) is 7.94. The zero-order valence-electron chi connectivity index (χ0n) is 20.6. The molecule has 0 unspecified atom stereocenters. The molecule has 3 aromatic carbocycles. The number of halogens is 2. The average molecular weight is 551 g/mol. The third kappa shape index (κ3) is 4.71. The maximum Gasteiger partial charge on any atom is 0.244 e. The first-order valence-corrected chi connectivity index (χ1v) is 12.5. The van der Waals surface area contributed by atoms with Gasteiger partial charge in [-0.25, -0.2) is 4.39 Å². The third-order valence-corrected chi connectivity index (χ3v) is 8.08. The van der Waals surface area contributed by atoms with Gasteiger partial charge in [0, 0.05) is 6.92 Å². The maximum absolute atomic E-state index is 13.3. The number of rotatable bonds is 7. The van der Waals surface area contributed by atoms with Crippen LogP contribution >= 0.6 is 0 Å². The first-order valence-electron chi connectivity index (χ1n) is 12.5. The van der Waals surface area contributed by atoms with Crippen LogP contribution in [0.2, 0.25) is 0 Å². The minimum atomic E-state index is -0.849. The van der Waals surface area contributed by atoms with Crippen LogP contribution in [0.1, 0.15) is 42.9 Å². The van der Waals surface area contributed by atoms with E-state index in [4.69, 9.17) is 5.73 Å². The smallest absolute Gasteiger partial charge is 0.244 e. The zero-order chi connectivity index (χ0) is 24.4. The third-order valence-electron chi connectivity index (χ3n) is 8.08. The van der Waals surface area contributed by atoms with Crippen molar-refractivity contribution in [2.24, 2.45) is 11.7 Å². The summed E-state index contributed by atoms with van der Waals surface area (Å²) in [6.45, 7) is 4.87. The van der Waals surface area contributed by atoms with E-state index < -0.39 is 5.41 Å². The Balaban J connectivity index is 0.00000304. The number of nitrogens with zero attached hydrogens (tertiary/aromatic N) is 2. The first-order chi connectivity index (χ1) is 17.0. The molecule has 2 aliphatic rings. The highest BCUT2D eigenvalue weighted by Gasteiger charge is 2.52. The summed E-state index contributed by atoms with van der Waals surface area (Å²) < 4.78 is 15.7. The number of hydrogen-bond donors (Lipinski definition) is 1. The van der Waals surface area contributed by atoms with E-state index in [0.29, 0.717) is 6.04 Å². The summed E-state index contributed by atoms with van der Waals surface area (Å²) in [5.41, 5.74) is 8.48. The van der Waals surface area contributed by atoms with Gasteiger partial charge < -0.3 is 22.7 Å². The number of carbonyl (C=O) groups is 1. The monoisotopic (exact) mass is 549 g/mol. The van der Waals surface area contributed by atoms with Crippen molar-refractivity contribution in [2.75, 3.05) is 13.1 Å². The van der Waals surface area contributed by atoms with Crippen molar-refractivity contribution in [2.45, 2.75) is 44.2 Å². The molecule has 2 atom stereocenters. The molecule has 36 heavy (non-hydrogen) atoms. The highest BCUT2D eigenvalue weighted by Crippen LogP contribution is 2.48. The summed E-state index contributed by atoms with van der Waals surface area (Å²) in [5.74, 6) is 0.891. The second kappa shape index (κ2) is 11.0. The van der Waals surface area contributed by atoms with E-state index >= 15 is 0 Å². The van der Waals surface area contributed by atoms with Crippen LogP contribution in [0, 0.1) is 11.7 Å². The largest absolute Gasteiger partial charge is 1.00 e. The summed E-state index contributed by atoms with van der Waals surface area (Å²) in [6, 6.07) is 27.3. The fraction of sp³-hybridized carbons (Fsp3) is 0.333. The molecular formula is C30H33BrFN3O. The van der Waals surface area contributed by atoms with Crippen molar-refractivity contribution < 1.29 is 30.7 Å². The molecule has 1 aliphatic carbocycles. The second-order valence-corrected chi connectivity index (χ2v) is 9.86. The van der Waals surface area contributed by atoms with E-state index in [9.17, 15) is 9.18 Å². The molecule has 1 heterocycles. The second-order valence-electron chi connectivity index (χ2n) is 9.86. The van der Waals surface area contributed by atoms with Gasteiger partial charge in [0.05, 0.1) is 6.04 Å². The zero-order valence-corrected chi connectivity index (χ0v) is 22.2. The molecule has 0 saturated heterocycles. The lowest BCUT2D eigenvalue weighted by Crippen LogP contribution is -3.00. The molecule has 188 valence electrons. The lowest BCUT2D eigenvalue weighted by molar-refractivity contribution is -0.534. The quantitative estimate of drug-likeness (QED) is 0.456. The summed E-state index contributed by atoms with van der Waals surface area (Å²) >= 11 is 0. The normalized spacial score (nSPS) is 19.9. The van der Waals surface area contributed by atoms with Crippen LogP contribution in [0.25, 0.3) is 0 Å². The Hall–Kier alpha value is -2.99. The predicted octanol–water partition coefficient (Wildman–Crippen LogP) is 1.72. The van der Waals surface area contributed by atoms with Gasteiger partial charge in [0.2, 0.25) is 11.7 Å². The number of hydrogen-bond acceptors (Lipinski definition) is 2. The topological polar surface area (TPSA) is 49.3 Å². The van der Waals surface area contributed by atoms with Crippen LogP contribution in [-0.4, -0.2) is 40.3 Å². The Labute approximate surface area is 223 Å². The lowest BCUT2D eigenvalue weighted by atomic mass is 9.64. The Bertz CT molecular complexity index is 1170. The highest BCUT2D eigenvalue weighted by atomic mass is 79.9. The van der Waals surface area contributed by atoms with E-state index in [-0.39, 0.29) is 34.6 Å². The van der Waals surface area contributed by atoms with Gasteiger partial charge in [-0.1, -0.05) is 72.8 Å². The maximum atomic E-state index is 13.3. The highest BCUT2D eigenvalue weighted by molar-refractivity contribution is 5.91. The fourth-order valence-electron chi connectivity index (χ4n) is 6.34. The van der Waals surface area contributed by atoms with Gasteiger partial charge in [0.25, 0.3) is 0 Å². The molecule has 1 amide bonds. The molecule has 0 radical (unpaired) electrons. The van der Waals surface area contributed by atoms with Gasteiger partial charge in [-0.05, 0) is 54.0 Å². The molecule has 4 nitrogen and oxygen atoms in total. The SMILES string of the molecule is CC1=[N+](Cc2ccc(F)cc2)CCN1[C@@H]1CC[C@H](C(C(N)=O)(c2ccccc2)c2ccccc2)C1.[Br-]. The summed E-state index contributed by atoms with van der Waals surface area (Å²) in [6.07, 6.45) is 2.88. The van der Waals surface area contributed by atoms with Crippen LogP contribution < -0.4 is 22.7 Å². The van der Waals surface area contributed by atoms with Crippen molar-refractivity contribution >= 4 is 11.7 Å². The van der Waals surface area contributed by atoms with Gasteiger partial charge in [-0.15, -0.1) is 0 Å². The molecule has 2 N–H and O–H groups in total. The number of nitrogens with two attached hydrogens (primary N) is 1. The van der Waals surface area contributed by atoms with E-state index in [1.807, 2.05) is 72.8 Å². The Morgan fingerprint density at radius 3 is 2.11 bits per heavy atom. The van der Waals surface area contributed by atoms with E-state index in [0.717, 1.165) is 55.6 Å². The Morgan fingerprint density at radius 2 is 1.56 bits per heavy atom. The van der Waals surface area contributed by atoms with Crippen LogP contribution in [0.3, 0.4) is 0 Å². The number of carbonyl (C=O) groups excluding carboxylic acids is 1. The molecule has 6 heteroatoms. The van der Waals surface area contributed by atoms with Crippen molar-refractivity contribution in [3.05, 3.63) is 107 Å². The lowest BCUT2D eigenvalue weighted by Gasteiger charge is -2.37. The van der Waals surface area contributed by atoms with Crippen molar-refractivity contribution in [3.63, 3.8) is 0 Å². The first kappa shape index (κ1) is 26.1. The molecule has 1 aliphatic heterocycles. The summed E-state index contributed by atoms with van der Waals surface area (Å²) in [7, 11) is 0. The average Bonchev–Trinajstić information content (AvgIpc) is 3.49. The van der Waals surface area contributed by atoms with Crippen LogP contribution in [-0.2, 0) is 16.8 Å². The van der Waals surface area contributed by atoms with Gasteiger partial charge in [0.1, 0.15) is 30.9 Å². The van der Waals surface area contributed by atoms with E-state index in [1.54, 1.807) is 0 Å². The van der Waals surface area contributed by atoms with Crippen molar-refractivity contribution in [1.82, 2.24) is 4.90 Å². The number of amidine groups is 1. The predicted molar refractivity (Wildman–Crippen MR) is 137 cm³/mol. The molecule has 1 saturated carbocycles. The standard InChI is InChI=1S/C30H32FN3O.BrH/c1-22-33(21-23-12-15-27(31)16-13-23)18-19-34(22)28-17-14-26(20-28)30(29(32)35,24-8-4-2-5-9-24)25-10-6-3-7-11-25;/h2-13,15-16,26,28H,14,17-21H2,1H3,(H-,32,35);1H/t26-,28+;/m0./s1. The molecule has 0 spiro atoms. The fourth-order valence-corrected chi connectivity index (χ4v) is 6.34. The van der Waals surface area contributed by atoms with Crippen LogP contribution in [0.15, 0.2) is 84.9 Å². The molecule has 3 aromatic rings. The molecule has 5 rings (SSSR count). The van der Waals surface area contributed by atoms with Gasteiger partial charge in [-0.3, -0.25) is 14.3 Å². The summed E-state index contributed by atoms with van der Waals surface area (Å²) in [5, 5.41) is 0. The van der Waals surface area contributed by atoms with E-state index in [2.05, 4.69) is 16.4 Å². The number of primary amides is 1. The Morgan fingerprint density at radius 1 is 0.972 bits per heavy atom. The molecule has 0 aromatic heterocycles. The van der Waals surface area contributed by atoms with Crippen molar-refractivity contribution in [3.8, 4) is 0 Å².